The van der Waals surface area contributed by atoms with Crippen molar-refractivity contribution in [2.75, 3.05) is 41.3 Å². The Hall–Kier alpha value is -2.44. The van der Waals surface area contributed by atoms with Gasteiger partial charge in [0.1, 0.15) is 11.5 Å². The molecule has 0 fully saturated rings. The Morgan fingerprint density at radius 3 is 1.97 bits per heavy atom. The number of carbonyl (C=O) groups excluding carboxylic acids is 2. The van der Waals surface area contributed by atoms with Crippen LogP contribution in [0, 0.1) is 5.92 Å². The Kier molecular flexibility index (Phi) is 12.6. The molecule has 0 spiro atoms. The number of rotatable bonds is 14. The van der Waals surface area contributed by atoms with Crippen LogP contribution in [-0.4, -0.2) is 63.0 Å². The van der Waals surface area contributed by atoms with Crippen molar-refractivity contribution in [1.29, 1.82) is 0 Å². The molecule has 2 atom stereocenters. The summed E-state index contributed by atoms with van der Waals surface area (Å²) >= 11 is 0. The van der Waals surface area contributed by atoms with Crippen molar-refractivity contribution in [1.82, 2.24) is 9.80 Å². The van der Waals surface area contributed by atoms with Crippen molar-refractivity contribution in [3.8, 4) is 11.5 Å². The molecular formula is C31H48N2O4. The molecule has 6 nitrogen and oxygen atoms in total. The van der Waals surface area contributed by atoms with E-state index in [4.69, 9.17) is 9.47 Å². The van der Waals surface area contributed by atoms with Gasteiger partial charge in [0.15, 0.2) is 0 Å². The van der Waals surface area contributed by atoms with Gasteiger partial charge in [-0.3, -0.25) is 9.59 Å². The Morgan fingerprint density at radius 1 is 0.973 bits per heavy atom. The van der Waals surface area contributed by atoms with Gasteiger partial charge in [0.25, 0.3) is 0 Å². The van der Waals surface area contributed by atoms with Gasteiger partial charge in [-0.25, -0.2) is 0 Å². The van der Waals surface area contributed by atoms with Crippen molar-refractivity contribution in [3.05, 3.63) is 47.1 Å². The fraction of sp³-hybridized carbons (Fsp3) is 0.613. The van der Waals surface area contributed by atoms with Crippen molar-refractivity contribution >= 4 is 11.9 Å². The topological polar surface area (TPSA) is 59.1 Å². The summed E-state index contributed by atoms with van der Waals surface area (Å²) in [5.74, 6) is 0.547. The minimum Gasteiger partial charge on any atom is -0.426 e. The van der Waals surface area contributed by atoms with Gasteiger partial charge in [-0.05, 0) is 91.3 Å². The molecular weight excluding hydrogens is 464 g/mol. The van der Waals surface area contributed by atoms with E-state index in [1.807, 2.05) is 50.1 Å². The average Bonchev–Trinajstić information content (AvgIpc) is 2.81. The molecule has 0 saturated carbocycles. The fourth-order valence-electron chi connectivity index (χ4n) is 4.76. The highest BCUT2D eigenvalue weighted by Gasteiger charge is 2.32. The number of aryl methyl sites for hydroxylation is 1. The van der Waals surface area contributed by atoms with E-state index < -0.39 is 0 Å². The smallest absolute Gasteiger partial charge is 0.312 e. The average molecular weight is 513 g/mol. The molecule has 2 rings (SSSR count). The number of hydrogen-bond donors (Lipinski definition) is 0. The van der Waals surface area contributed by atoms with E-state index in [1.54, 1.807) is 0 Å². The van der Waals surface area contributed by atoms with Crippen LogP contribution in [0.2, 0.25) is 0 Å². The summed E-state index contributed by atoms with van der Waals surface area (Å²) in [6.45, 7) is 11.8. The maximum Gasteiger partial charge on any atom is 0.312 e. The summed E-state index contributed by atoms with van der Waals surface area (Å²) in [5.41, 5.74) is 4.16. The van der Waals surface area contributed by atoms with E-state index in [-0.39, 0.29) is 36.6 Å². The second-order valence-electron chi connectivity index (χ2n) is 11.0. The first-order valence-electron chi connectivity index (χ1n) is 13.7. The van der Waals surface area contributed by atoms with Crippen molar-refractivity contribution in [2.45, 2.75) is 78.1 Å². The summed E-state index contributed by atoms with van der Waals surface area (Å²) in [6.07, 6.45) is 8.85. The standard InChI is InChI=1S/C31H48N2O4/c1-9-10-11-12-24-20-27(36-29(34)15-17-32(5)6)31(26-19-23(4)13-14-25(26)22(2)3)28(21-24)37-30(35)16-18-33(7)8/h19-21,25-26H,2,9-18H2,1,3-8H3. The molecule has 0 heterocycles. The SMILES string of the molecule is C=C(C)C1CCC(C)=CC1c1c(OC(=O)CCN(C)C)cc(CCCCC)cc1OC(=O)CCN(C)C. The van der Waals surface area contributed by atoms with E-state index >= 15 is 0 Å². The van der Waals surface area contributed by atoms with Gasteiger partial charge >= 0.3 is 11.9 Å². The molecule has 1 aromatic rings. The summed E-state index contributed by atoms with van der Waals surface area (Å²) in [7, 11) is 7.74. The number of unbranched alkanes of at least 4 members (excludes halogenated alkanes) is 2. The molecule has 0 aromatic heterocycles. The van der Waals surface area contributed by atoms with Crippen molar-refractivity contribution in [3.63, 3.8) is 0 Å². The Balaban J connectivity index is 2.61. The zero-order valence-corrected chi connectivity index (χ0v) is 24.2. The highest BCUT2D eigenvalue weighted by Crippen LogP contribution is 2.47. The van der Waals surface area contributed by atoms with Gasteiger partial charge in [0, 0.05) is 24.6 Å². The quantitative estimate of drug-likeness (QED) is 0.129. The van der Waals surface area contributed by atoms with Gasteiger partial charge in [-0.1, -0.05) is 43.6 Å². The number of carbonyl (C=O) groups is 2. The second kappa shape index (κ2) is 15.1. The Bertz CT molecular complexity index is 917. The lowest BCUT2D eigenvalue weighted by atomic mass is 9.73. The summed E-state index contributed by atoms with van der Waals surface area (Å²) < 4.78 is 12.1. The van der Waals surface area contributed by atoms with E-state index in [2.05, 4.69) is 33.4 Å². The molecule has 206 valence electrons. The molecule has 0 aliphatic heterocycles. The summed E-state index contributed by atoms with van der Waals surface area (Å²) in [6, 6.07) is 3.98. The van der Waals surface area contributed by atoms with Crippen LogP contribution in [0.25, 0.3) is 0 Å². The highest BCUT2D eigenvalue weighted by atomic mass is 16.5. The molecule has 0 saturated heterocycles. The van der Waals surface area contributed by atoms with Crippen LogP contribution in [0.1, 0.15) is 82.8 Å². The maximum atomic E-state index is 12.9. The summed E-state index contributed by atoms with van der Waals surface area (Å²) in [5, 5.41) is 0. The van der Waals surface area contributed by atoms with E-state index in [0.717, 1.165) is 55.2 Å². The van der Waals surface area contributed by atoms with Gasteiger partial charge in [-0.2, -0.15) is 0 Å². The normalized spacial score (nSPS) is 17.6. The van der Waals surface area contributed by atoms with Crippen molar-refractivity contribution in [2.24, 2.45) is 5.92 Å². The number of esters is 2. The third-order valence-corrected chi connectivity index (χ3v) is 6.92. The number of allylic oxidation sites excluding steroid dienone is 3. The number of hydrogen-bond acceptors (Lipinski definition) is 6. The van der Waals surface area contributed by atoms with Crippen LogP contribution in [-0.2, 0) is 16.0 Å². The first-order valence-corrected chi connectivity index (χ1v) is 13.7. The molecule has 1 aliphatic carbocycles. The monoisotopic (exact) mass is 512 g/mol. The van der Waals surface area contributed by atoms with Crippen LogP contribution in [0.5, 0.6) is 11.5 Å². The molecule has 0 bridgehead atoms. The minimum atomic E-state index is -0.283. The molecule has 6 heteroatoms. The molecule has 0 radical (unpaired) electrons. The molecule has 0 amide bonds. The Morgan fingerprint density at radius 2 is 1.51 bits per heavy atom. The number of nitrogens with zero attached hydrogens (tertiary/aromatic N) is 2. The molecule has 2 unspecified atom stereocenters. The van der Waals surface area contributed by atoms with Gasteiger partial charge < -0.3 is 19.3 Å². The zero-order valence-electron chi connectivity index (χ0n) is 24.2. The van der Waals surface area contributed by atoms with Crippen LogP contribution >= 0.6 is 0 Å². The number of benzene rings is 1. The van der Waals surface area contributed by atoms with E-state index in [0.29, 0.717) is 24.6 Å². The van der Waals surface area contributed by atoms with Crippen molar-refractivity contribution < 1.29 is 19.1 Å². The van der Waals surface area contributed by atoms with Crippen LogP contribution < -0.4 is 9.47 Å². The lowest BCUT2D eigenvalue weighted by Crippen LogP contribution is -2.23. The first-order chi connectivity index (χ1) is 17.5. The zero-order chi connectivity index (χ0) is 27.5. The molecule has 0 N–H and O–H groups in total. The summed E-state index contributed by atoms with van der Waals surface area (Å²) in [4.78, 5) is 29.8. The largest absolute Gasteiger partial charge is 0.426 e. The number of ether oxygens (including phenoxy) is 2. The van der Waals surface area contributed by atoms with Crippen LogP contribution in [0.4, 0.5) is 0 Å². The predicted molar refractivity (Wildman–Crippen MR) is 151 cm³/mol. The van der Waals surface area contributed by atoms with Crippen LogP contribution in [0.15, 0.2) is 35.9 Å². The minimum absolute atomic E-state index is 0.0794. The highest BCUT2D eigenvalue weighted by molar-refractivity contribution is 5.76. The first kappa shape index (κ1) is 30.8. The third kappa shape index (κ3) is 10.1. The van der Waals surface area contributed by atoms with Gasteiger partial charge in [-0.15, -0.1) is 0 Å². The molecule has 1 aromatic carbocycles. The Labute approximate surface area is 224 Å². The fourth-order valence-corrected chi connectivity index (χ4v) is 4.76. The maximum absolute atomic E-state index is 12.9. The van der Waals surface area contributed by atoms with E-state index in [1.165, 1.54) is 5.57 Å². The lowest BCUT2D eigenvalue weighted by Gasteiger charge is -2.32. The second-order valence-corrected chi connectivity index (χ2v) is 11.0. The molecule has 1 aliphatic rings. The van der Waals surface area contributed by atoms with Gasteiger partial charge in [0.05, 0.1) is 12.8 Å². The molecule has 37 heavy (non-hydrogen) atoms. The lowest BCUT2D eigenvalue weighted by molar-refractivity contribution is -0.135. The third-order valence-electron chi connectivity index (χ3n) is 6.92. The van der Waals surface area contributed by atoms with Crippen LogP contribution in [0.3, 0.4) is 0 Å². The van der Waals surface area contributed by atoms with E-state index in [9.17, 15) is 9.59 Å². The van der Waals surface area contributed by atoms with Gasteiger partial charge in [0.2, 0.25) is 0 Å². The predicted octanol–water partition coefficient (Wildman–Crippen LogP) is 6.15.